The molecule has 2 aromatic heterocycles. The summed E-state index contributed by atoms with van der Waals surface area (Å²) in [6.07, 6.45) is 3.34. The Bertz CT molecular complexity index is 1020. The number of benzene rings is 2. The number of aromatic nitrogens is 3. The highest BCUT2D eigenvalue weighted by molar-refractivity contribution is 6.30. The SMILES string of the molecule is Nc1ncnc2c1c(-c1ccc(Cl)cc1)cn2-c1ccc(F)cc1. The minimum absolute atomic E-state index is 0.290. The number of hydrogen-bond donors (Lipinski definition) is 1. The van der Waals surface area contributed by atoms with Crippen LogP contribution in [-0.4, -0.2) is 14.5 Å². The molecule has 118 valence electrons. The van der Waals surface area contributed by atoms with Crippen LogP contribution in [0.15, 0.2) is 61.1 Å². The number of rotatable bonds is 2. The van der Waals surface area contributed by atoms with Gasteiger partial charge in [-0.2, -0.15) is 0 Å². The predicted molar refractivity (Wildman–Crippen MR) is 93.7 cm³/mol. The van der Waals surface area contributed by atoms with Crippen LogP contribution in [0.4, 0.5) is 10.2 Å². The van der Waals surface area contributed by atoms with Crippen LogP contribution in [0.2, 0.25) is 5.02 Å². The molecule has 24 heavy (non-hydrogen) atoms. The molecule has 2 N–H and O–H groups in total. The minimum atomic E-state index is -0.290. The van der Waals surface area contributed by atoms with Crippen LogP contribution in [0.3, 0.4) is 0 Å². The van der Waals surface area contributed by atoms with Gasteiger partial charge in [-0.15, -0.1) is 0 Å². The van der Waals surface area contributed by atoms with Crippen LogP contribution >= 0.6 is 11.6 Å². The molecule has 4 rings (SSSR count). The predicted octanol–water partition coefficient (Wildman–Crippen LogP) is 4.46. The normalized spacial score (nSPS) is 11.1. The lowest BCUT2D eigenvalue weighted by atomic mass is 10.1. The van der Waals surface area contributed by atoms with E-state index in [-0.39, 0.29) is 5.82 Å². The van der Waals surface area contributed by atoms with Gasteiger partial charge in [0.15, 0.2) is 5.65 Å². The van der Waals surface area contributed by atoms with E-state index in [1.807, 2.05) is 35.0 Å². The largest absolute Gasteiger partial charge is 0.383 e. The quantitative estimate of drug-likeness (QED) is 0.587. The molecule has 0 atom stereocenters. The molecule has 0 radical (unpaired) electrons. The second-order valence-electron chi connectivity index (χ2n) is 5.35. The highest BCUT2D eigenvalue weighted by Gasteiger charge is 2.16. The van der Waals surface area contributed by atoms with Crippen molar-refractivity contribution < 1.29 is 4.39 Å². The van der Waals surface area contributed by atoms with E-state index in [1.54, 1.807) is 12.1 Å². The molecular weight excluding hydrogens is 327 g/mol. The Morgan fingerprint density at radius 3 is 2.38 bits per heavy atom. The van der Waals surface area contributed by atoms with E-state index in [0.29, 0.717) is 16.5 Å². The van der Waals surface area contributed by atoms with Crippen molar-refractivity contribution in [1.29, 1.82) is 0 Å². The highest BCUT2D eigenvalue weighted by atomic mass is 35.5. The summed E-state index contributed by atoms with van der Waals surface area (Å²) in [4.78, 5) is 8.46. The van der Waals surface area contributed by atoms with Crippen LogP contribution < -0.4 is 5.73 Å². The van der Waals surface area contributed by atoms with Gasteiger partial charge in [0.25, 0.3) is 0 Å². The molecule has 0 aliphatic rings. The first-order chi connectivity index (χ1) is 11.6. The summed E-state index contributed by atoms with van der Waals surface area (Å²) in [6, 6.07) is 13.7. The van der Waals surface area contributed by atoms with Gasteiger partial charge in [0.2, 0.25) is 0 Å². The van der Waals surface area contributed by atoms with Crippen molar-refractivity contribution >= 4 is 28.5 Å². The molecule has 0 aliphatic heterocycles. The molecule has 6 heteroatoms. The van der Waals surface area contributed by atoms with Crippen LogP contribution in [-0.2, 0) is 0 Å². The Labute approximate surface area is 142 Å². The lowest BCUT2D eigenvalue weighted by Crippen LogP contribution is -1.96. The molecular formula is C18H12ClFN4. The number of halogens is 2. The standard InChI is InChI=1S/C18H12ClFN4/c19-12-3-1-11(2-4-12)15-9-24(14-7-5-13(20)6-8-14)18-16(15)17(21)22-10-23-18/h1-10H,(H2,21,22,23). The number of fused-ring (bicyclic) bond motifs is 1. The van der Waals surface area contributed by atoms with E-state index in [0.717, 1.165) is 22.2 Å². The molecule has 0 bridgehead atoms. The first-order valence-electron chi connectivity index (χ1n) is 7.27. The van der Waals surface area contributed by atoms with E-state index in [2.05, 4.69) is 9.97 Å². The lowest BCUT2D eigenvalue weighted by molar-refractivity contribution is 0.627. The van der Waals surface area contributed by atoms with Crippen LogP contribution in [0.5, 0.6) is 0 Å². The van der Waals surface area contributed by atoms with Gasteiger partial charge in [-0.1, -0.05) is 23.7 Å². The Kier molecular flexibility index (Phi) is 3.43. The summed E-state index contributed by atoms with van der Waals surface area (Å²) in [6.45, 7) is 0. The second kappa shape index (κ2) is 5.62. The Balaban J connectivity index is 2.01. The Hall–Kier alpha value is -2.92. The first kappa shape index (κ1) is 14.7. The van der Waals surface area contributed by atoms with Crippen molar-refractivity contribution in [2.24, 2.45) is 0 Å². The summed E-state index contributed by atoms with van der Waals surface area (Å²) in [5.74, 6) is 0.105. The number of nitrogens with two attached hydrogens (primary N) is 1. The fourth-order valence-electron chi connectivity index (χ4n) is 2.73. The van der Waals surface area contributed by atoms with Gasteiger partial charge >= 0.3 is 0 Å². The molecule has 0 spiro atoms. The highest BCUT2D eigenvalue weighted by Crippen LogP contribution is 2.34. The second-order valence-corrected chi connectivity index (χ2v) is 5.79. The van der Waals surface area contributed by atoms with Crippen molar-refractivity contribution in [1.82, 2.24) is 14.5 Å². The third kappa shape index (κ3) is 2.39. The van der Waals surface area contributed by atoms with Gasteiger partial charge < -0.3 is 10.3 Å². The zero-order chi connectivity index (χ0) is 16.7. The van der Waals surface area contributed by atoms with Gasteiger partial charge in [-0.05, 0) is 42.0 Å². The maximum Gasteiger partial charge on any atom is 0.150 e. The lowest BCUT2D eigenvalue weighted by Gasteiger charge is -2.04. The van der Waals surface area contributed by atoms with E-state index in [1.165, 1.54) is 18.5 Å². The third-order valence-corrected chi connectivity index (χ3v) is 4.12. The monoisotopic (exact) mass is 338 g/mol. The van der Waals surface area contributed by atoms with Crippen molar-refractivity contribution in [3.05, 3.63) is 71.9 Å². The average molecular weight is 339 g/mol. The van der Waals surface area contributed by atoms with Crippen LogP contribution in [0.25, 0.3) is 27.8 Å². The van der Waals surface area contributed by atoms with Gasteiger partial charge in [0.05, 0.1) is 5.39 Å². The number of anilines is 1. The van der Waals surface area contributed by atoms with Gasteiger partial charge in [-0.3, -0.25) is 0 Å². The average Bonchev–Trinajstić information content (AvgIpc) is 2.97. The molecule has 4 aromatic rings. The molecule has 0 amide bonds. The van der Waals surface area contributed by atoms with Crippen molar-refractivity contribution in [3.8, 4) is 16.8 Å². The maximum absolute atomic E-state index is 13.2. The maximum atomic E-state index is 13.2. The van der Waals surface area contributed by atoms with Gasteiger partial charge in [0.1, 0.15) is 18.0 Å². The molecule has 4 nitrogen and oxygen atoms in total. The molecule has 0 saturated heterocycles. The number of hydrogen-bond acceptors (Lipinski definition) is 3. The summed E-state index contributed by atoms with van der Waals surface area (Å²) in [5, 5.41) is 1.41. The van der Waals surface area contributed by atoms with Gasteiger partial charge in [0, 0.05) is 22.5 Å². The summed E-state index contributed by atoms with van der Waals surface area (Å²) in [5.41, 5.74) is 9.39. The van der Waals surface area contributed by atoms with Gasteiger partial charge in [-0.25, -0.2) is 14.4 Å². The smallest absolute Gasteiger partial charge is 0.150 e. The van der Waals surface area contributed by atoms with Crippen molar-refractivity contribution in [3.63, 3.8) is 0 Å². The van der Waals surface area contributed by atoms with E-state index in [4.69, 9.17) is 17.3 Å². The summed E-state index contributed by atoms with van der Waals surface area (Å²) >= 11 is 5.97. The fourth-order valence-corrected chi connectivity index (χ4v) is 2.86. The van der Waals surface area contributed by atoms with E-state index >= 15 is 0 Å². The zero-order valence-electron chi connectivity index (χ0n) is 12.4. The molecule has 0 saturated carbocycles. The molecule has 2 heterocycles. The van der Waals surface area contributed by atoms with Crippen molar-refractivity contribution in [2.75, 3.05) is 5.73 Å². The Morgan fingerprint density at radius 1 is 0.958 bits per heavy atom. The van der Waals surface area contributed by atoms with E-state index in [9.17, 15) is 4.39 Å². The minimum Gasteiger partial charge on any atom is -0.383 e. The molecule has 0 fully saturated rings. The fraction of sp³-hybridized carbons (Fsp3) is 0. The first-order valence-corrected chi connectivity index (χ1v) is 7.65. The topological polar surface area (TPSA) is 56.7 Å². The molecule has 2 aromatic carbocycles. The number of nitrogens with zero attached hydrogens (tertiary/aromatic N) is 3. The third-order valence-electron chi connectivity index (χ3n) is 3.87. The Morgan fingerprint density at radius 2 is 1.67 bits per heavy atom. The van der Waals surface area contributed by atoms with Crippen LogP contribution in [0.1, 0.15) is 0 Å². The summed E-state index contributed by atoms with van der Waals surface area (Å²) < 4.78 is 15.1. The summed E-state index contributed by atoms with van der Waals surface area (Å²) in [7, 11) is 0. The molecule has 0 unspecified atom stereocenters. The number of nitrogen functional groups attached to an aromatic ring is 1. The van der Waals surface area contributed by atoms with E-state index < -0.39 is 0 Å². The molecule has 0 aliphatic carbocycles. The van der Waals surface area contributed by atoms with Crippen molar-refractivity contribution in [2.45, 2.75) is 0 Å². The van der Waals surface area contributed by atoms with Crippen LogP contribution in [0, 0.1) is 5.82 Å². The zero-order valence-corrected chi connectivity index (χ0v) is 13.2.